The van der Waals surface area contributed by atoms with Crippen LogP contribution in [0, 0.1) is 12.3 Å². The third kappa shape index (κ3) is 3.87. The minimum absolute atomic E-state index is 0.207. The number of carbonyl (C=O) groups excluding carboxylic acids is 1. The molecular weight excluding hydrogens is 283 g/mol. The van der Waals surface area contributed by atoms with E-state index in [1.165, 1.54) is 4.90 Å². The minimum Gasteiger partial charge on any atom is -0.338 e. The van der Waals surface area contributed by atoms with Gasteiger partial charge < -0.3 is 10.6 Å². The standard InChI is InChI=1S/C14H16Cl2N2O/c1-4-5-13(17)14(19)18(3)9(2)11-7-6-10(15)8-12(11)16/h1,6-9,13H,5,17H2,2-3H3. The third-order valence-corrected chi connectivity index (χ3v) is 3.56. The van der Waals surface area contributed by atoms with Gasteiger partial charge in [0.15, 0.2) is 0 Å². The lowest BCUT2D eigenvalue weighted by Gasteiger charge is -2.28. The van der Waals surface area contributed by atoms with Gasteiger partial charge in [0.25, 0.3) is 0 Å². The number of hydrogen-bond acceptors (Lipinski definition) is 2. The zero-order chi connectivity index (χ0) is 14.6. The molecule has 0 aliphatic carbocycles. The van der Waals surface area contributed by atoms with Crippen LogP contribution in [0.5, 0.6) is 0 Å². The predicted octanol–water partition coefficient (Wildman–Crippen LogP) is 2.86. The number of nitrogens with two attached hydrogens (primary N) is 1. The van der Waals surface area contributed by atoms with E-state index in [1.54, 1.807) is 25.2 Å². The molecular formula is C14H16Cl2N2O. The summed E-state index contributed by atoms with van der Waals surface area (Å²) in [5.74, 6) is 2.17. The quantitative estimate of drug-likeness (QED) is 0.869. The number of rotatable bonds is 4. The average Bonchev–Trinajstić information content (AvgIpc) is 2.36. The highest BCUT2D eigenvalue weighted by atomic mass is 35.5. The van der Waals surface area contributed by atoms with Crippen molar-refractivity contribution in [3.8, 4) is 12.3 Å². The molecule has 2 unspecified atom stereocenters. The summed E-state index contributed by atoms with van der Waals surface area (Å²) in [6.45, 7) is 1.87. The number of nitrogens with zero attached hydrogens (tertiary/aromatic N) is 1. The van der Waals surface area contributed by atoms with E-state index in [4.69, 9.17) is 35.4 Å². The molecule has 0 aliphatic heterocycles. The summed E-state index contributed by atoms with van der Waals surface area (Å²) in [4.78, 5) is 13.6. The molecule has 1 aromatic rings. The molecule has 1 amide bonds. The summed E-state index contributed by atoms with van der Waals surface area (Å²) < 4.78 is 0. The molecule has 1 aromatic carbocycles. The van der Waals surface area contributed by atoms with Crippen LogP contribution in [0.25, 0.3) is 0 Å². The van der Waals surface area contributed by atoms with E-state index in [-0.39, 0.29) is 18.4 Å². The van der Waals surface area contributed by atoms with Crippen molar-refractivity contribution in [2.45, 2.75) is 25.4 Å². The number of likely N-dealkylation sites (N-methyl/N-ethyl adjacent to an activating group) is 1. The molecule has 0 spiro atoms. The Morgan fingerprint density at radius 3 is 2.68 bits per heavy atom. The molecule has 0 fully saturated rings. The number of benzene rings is 1. The summed E-state index contributed by atoms with van der Waals surface area (Å²) in [6, 6.07) is 4.28. The second kappa shape index (κ2) is 6.81. The lowest BCUT2D eigenvalue weighted by Crippen LogP contribution is -2.42. The van der Waals surface area contributed by atoms with Crippen LogP contribution < -0.4 is 5.73 Å². The molecule has 2 atom stereocenters. The number of terminal acetylenes is 1. The van der Waals surface area contributed by atoms with E-state index < -0.39 is 6.04 Å². The summed E-state index contributed by atoms with van der Waals surface area (Å²) in [7, 11) is 1.67. The summed E-state index contributed by atoms with van der Waals surface area (Å²) in [5, 5.41) is 1.07. The zero-order valence-corrected chi connectivity index (χ0v) is 12.4. The lowest BCUT2D eigenvalue weighted by atomic mass is 10.1. The Kier molecular flexibility index (Phi) is 5.68. The van der Waals surface area contributed by atoms with Crippen molar-refractivity contribution in [2.75, 3.05) is 7.05 Å². The molecule has 0 aliphatic rings. The van der Waals surface area contributed by atoms with E-state index >= 15 is 0 Å². The van der Waals surface area contributed by atoms with Crippen LogP contribution in [0.15, 0.2) is 18.2 Å². The second-order valence-corrected chi connectivity index (χ2v) is 5.15. The van der Waals surface area contributed by atoms with E-state index in [0.29, 0.717) is 10.0 Å². The van der Waals surface area contributed by atoms with E-state index in [1.807, 2.05) is 6.92 Å². The van der Waals surface area contributed by atoms with Crippen LogP contribution in [0.2, 0.25) is 10.0 Å². The summed E-state index contributed by atoms with van der Waals surface area (Å²) in [6.07, 6.45) is 5.37. The summed E-state index contributed by atoms with van der Waals surface area (Å²) >= 11 is 12.0. The molecule has 1 rings (SSSR count). The Bertz CT molecular complexity index is 511. The molecule has 0 saturated heterocycles. The van der Waals surface area contributed by atoms with Crippen LogP contribution in [-0.4, -0.2) is 23.9 Å². The Morgan fingerprint density at radius 1 is 1.53 bits per heavy atom. The number of carbonyl (C=O) groups is 1. The highest BCUT2D eigenvalue weighted by Crippen LogP contribution is 2.29. The van der Waals surface area contributed by atoms with Crippen LogP contribution in [0.1, 0.15) is 24.9 Å². The van der Waals surface area contributed by atoms with Crippen molar-refractivity contribution in [3.63, 3.8) is 0 Å². The Hall–Kier alpha value is -1.21. The van der Waals surface area contributed by atoms with Gasteiger partial charge in [0.1, 0.15) is 0 Å². The molecule has 0 radical (unpaired) electrons. The second-order valence-electron chi connectivity index (χ2n) is 4.31. The maximum Gasteiger partial charge on any atom is 0.240 e. The normalized spacial score (nSPS) is 13.5. The number of halogens is 2. The van der Waals surface area contributed by atoms with Crippen LogP contribution in [0.3, 0.4) is 0 Å². The average molecular weight is 299 g/mol. The molecule has 0 saturated carbocycles. The van der Waals surface area contributed by atoms with Crippen LogP contribution in [-0.2, 0) is 4.79 Å². The van der Waals surface area contributed by atoms with Gasteiger partial charge in [-0.25, -0.2) is 0 Å². The maximum absolute atomic E-state index is 12.1. The molecule has 0 aromatic heterocycles. The van der Waals surface area contributed by atoms with Gasteiger partial charge >= 0.3 is 0 Å². The first-order valence-electron chi connectivity index (χ1n) is 5.79. The Balaban J connectivity index is 2.90. The SMILES string of the molecule is C#CCC(N)C(=O)N(C)C(C)c1ccc(Cl)cc1Cl. The predicted molar refractivity (Wildman–Crippen MR) is 79.1 cm³/mol. The maximum atomic E-state index is 12.1. The first-order valence-corrected chi connectivity index (χ1v) is 6.54. The van der Waals surface area contributed by atoms with Crippen LogP contribution >= 0.6 is 23.2 Å². The van der Waals surface area contributed by atoms with E-state index in [0.717, 1.165) is 5.56 Å². The van der Waals surface area contributed by atoms with Gasteiger partial charge in [-0.2, -0.15) is 0 Å². The Morgan fingerprint density at radius 2 is 2.16 bits per heavy atom. The van der Waals surface area contributed by atoms with Crippen LogP contribution in [0.4, 0.5) is 0 Å². The smallest absolute Gasteiger partial charge is 0.240 e. The minimum atomic E-state index is -0.691. The monoisotopic (exact) mass is 298 g/mol. The third-order valence-electron chi connectivity index (χ3n) is 3.00. The molecule has 2 N–H and O–H groups in total. The van der Waals surface area contributed by atoms with Crippen molar-refractivity contribution < 1.29 is 4.79 Å². The highest BCUT2D eigenvalue weighted by molar-refractivity contribution is 6.35. The fourth-order valence-corrected chi connectivity index (χ4v) is 2.28. The summed E-state index contributed by atoms with van der Waals surface area (Å²) in [5.41, 5.74) is 6.53. The molecule has 3 nitrogen and oxygen atoms in total. The molecule has 0 heterocycles. The zero-order valence-electron chi connectivity index (χ0n) is 10.9. The lowest BCUT2D eigenvalue weighted by molar-refractivity contribution is -0.133. The van der Waals surface area contributed by atoms with Gasteiger partial charge in [0.2, 0.25) is 5.91 Å². The largest absolute Gasteiger partial charge is 0.338 e. The number of hydrogen-bond donors (Lipinski definition) is 1. The molecule has 19 heavy (non-hydrogen) atoms. The van der Waals surface area contributed by atoms with Crippen molar-refractivity contribution >= 4 is 29.1 Å². The van der Waals surface area contributed by atoms with Gasteiger partial charge in [-0.3, -0.25) is 4.79 Å². The van der Waals surface area contributed by atoms with Gasteiger partial charge in [-0.1, -0.05) is 29.3 Å². The fraction of sp³-hybridized carbons (Fsp3) is 0.357. The van der Waals surface area contributed by atoms with Gasteiger partial charge in [-0.15, -0.1) is 12.3 Å². The van der Waals surface area contributed by atoms with Crippen molar-refractivity contribution in [2.24, 2.45) is 5.73 Å². The topological polar surface area (TPSA) is 46.3 Å². The van der Waals surface area contributed by atoms with Gasteiger partial charge in [0.05, 0.1) is 12.1 Å². The Labute approximate surface area is 123 Å². The first kappa shape index (κ1) is 15.8. The van der Waals surface area contributed by atoms with Crippen molar-refractivity contribution in [1.82, 2.24) is 4.90 Å². The molecule has 102 valence electrons. The number of amides is 1. The van der Waals surface area contributed by atoms with E-state index in [9.17, 15) is 4.79 Å². The molecule has 5 heteroatoms. The van der Waals surface area contributed by atoms with Gasteiger partial charge in [-0.05, 0) is 24.6 Å². The van der Waals surface area contributed by atoms with Gasteiger partial charge in [0, 0.05) is 23.5 Å². The highest BCUT2D eigenvalue weighted by Gasteiger charge is 2.23. The first-order chi connectivity index (χ1) is 8.88. The van der Waals surface area contributed by atoms with E-state index in [2.05, 4.69) is 5.92 Å². The van der Waals surface area contributed by atoms with Crippen molar-refractivity contribution in [1.29, 1.82) is 0 Å². The fourth-order valence-electron chi connectivity index (χ4n) is 1.72. The van der Waals surface area contributed by atoms with Crippen molar-refractivity contribution in [3.05, 3.63) is 33.8 Å². The molecule has 0 bridgehead atoms.